The fraction of sp³-hybridized carbons (Fsp3) is 0.0588. The van der Waals surface area contributed by atoms with E-state index in [2.05, 4.69) is 163 Å². The van der Waals surface area contributed by atoms with Crippen LogP contribution in [0.15, 0.2) is 192 Å². The summed E-state index contributed by atoms with van der Waals surface area (Å²) in [4.78, 5) is 20.6. The maximum Gasteiger partial charge on any atom is 0.169 e. The quantitative estimate of drug-likeness (QED) is 0.179. The van der Waals surface area contributed by atoms with Gasteiger partial charge in [0.05, 0.1) is 16.8 Å². The van der Waals surface area contributed by atoms with Gasteiger partial charge in [0.25, 0.3) is 0 Å². The van der Waals surface area contributed by atoms with Crippen LogP contribution in [0, 0.1) is 12.1 Å². The standard InChI is InChI=1S/C51H35N5/c1-3-13-34(14-4-1)38-19-11-21-40(29-38)49-54-50(41-22-12-20-39(30-41)35-15-5-2-6-16-35)56-51(55-49)44-32-42(47-45-23-9-7-17-36(45)25-27-52-47)31-43(33-44)48-46-24-10-8-18-37(46)26-28-53-48/h1-9,11-15,17-23,25-33,35,49H,16H2,(H,54,55,56). The third kappa shape index (κ3) is 6.44. The molecule has 2 aromatic heterocycles. The molecule has 0 spiro atoms. The molecule has 0 amide bonds. The second kappa shape index (κ2) is 14.4. The molecular formula is C51H35N5. The molecule has 1 aliphatic heterocycles. The number of aromatic nitrogens is 2. The van der Waals surface area contributed by atoms with Gasteiger partial charge in [-0.2, -0.15) is 0 Å². The van der Waals surface area contributed by atoms with E-state index in [1.54, 1.807) is 0 Å². The minimum absolute atomic E-state index is 0.310. The van der Waals surface area contributed by atoms with E-state index in [1.807, 2.05) is 36.7 Å². The van der Waals surface area contributed by atoms with E-state index < -0.39 is 6.17 Å². The van der Waals surface area contributed by atoms with E-state index in [0.717, 1.165) is 90.0 Å². The van der Waals surface area contributed by atoms with E-state index in [-0.39, 0.29) is 0 Å². The number of allylic oxidation sites excluding steroid dienone is 4. The number of hydrogen-bond donors (Lipinski definition) is 1. The fourth-order valence-corrected chi connectivity index (χ4v) is 7.74. The fourth-order valence-electron chi connectivity index (χ4n) is 7.74. The van der Waals surface area contributed by atoms with Crippen molar-refractivity contribution in [3.05, 3.63) is 217 Å². The van der Waals surface area contributed by atoms with Gasteiger partial charge in [-0.1, -0.05) is 127 Å². The van der Waals surface area contributed by atoms with E-state index >= 15 is 0 Å². The molecule has 0 bridgehead atoms. The number of nitrogens with one attached hydrogen (secondary N) is 1. The van der Waals surface area contributed by atoms with Gasteiger partial charge < -0.3 is 5.32 Å². The van der Waals surface area contributed by atoms with Crippen LogP contribution in [0.25, 0.3) is 55.2 Å². The number of fused-ring (bicyclic) bond motifs is 2. The molecule has 2 atom stereocenters. The zero-order valence-corrected chi connectivity index (χ0v) is 30.5. The Labute approximate surface area is 326 Å². The largest absolute Gasteiger partial charge is 0.324 e. The summed E-state index contributed by atoms with van der Waals surface area (Å²) in [6.45, 7) is 0. The molecule has 6 aromatic carbocycles. The molecule has 0 saturated heterocycles. The van der Waals surface area contributed by atoms with Gasteiger partial charge in [-0.3, -0.25) is 9.97 Å². The Morgan fingerprint density at radius 2 is 1.23 bits per heavy atom. The van der Waals surface area contributed by atoms with Crippen molar-refractivity contribution in [1.82, 2.24) is 15.3 Å². The van der Waals surface area contributed by atoms with Crippen molar-refractivity contribution in [2.24, 2.45) is 9.98 Å². The topological polar surface area (TPSA) is 62.5 Å². The number of hydrogen-bond acceptors (Lipinski definition) is 5. The highest BCUT2D eigenvalue weighted by Gasteiger charge is 2.24. The molecule has 5 heteroatoms. The molecule has 3 heterocycles. The molecule has 0 radical (unpaired) electrons. The van der Waals surface area contributed by atoms with Crippen LogP contribution >= 0.6 is 0 Å². The number of rotatable bonds is 7. The van der Waals surface area contributed by atoms with Crippen molar-refractivity contribution in [1.29, 1.82) is 0 Å². The Balaban J connectivity index is 1.16. The second-order valence-electron chi connectivity index (χ2n) is 14.1. The van der Waals surface area contributed by atoms with Crippen LogP contribution in [0.3, 0.4) is 0 Å². The van der Waals surface area contributed by atoms with Gasteiger partial charge in [-0.15, -0.1) is 0 Å². The van der Waals surface area contributed by atoms with E-state index in [4.69, 9.17) is 20.0 Å². The van der Waals surface area contributed by atoms with Crippen LogP contribution in [0.4, 0.5) is 0 Å². The monoisotopic (exact) mass is 717 g/mol. The normalized spacial score (nSPS) is 16.2. The smallest absolute Gasteiger partial charge is 0.169 e. The van der Waals surface area contributed by atoms with Gasteiger partial charge in [0, 0.05) is 46.0 Å². The summed E-state index contributed by atoms with van der Waals surface area (Å²) in [6.07, 6.45) is 13.0. The molecule has 10 rings (SSSR count). The summed E-state index contributed by atoms with van der Waals surface area (Å²) >= 11 is 0. The SMILES string of the molecule is c1ccc2ccnc(-c3cc(C4=NC(c5cccc(-c6ccccc6)c5)N=C(c5cccc(C6C=CC=CC6)c5)N4)cc(-c4nccc5ccccc45)c3)c2c#1. The maximum absolute atomic E-state index is 5.38. The minimum Gasteiger partial charge on any atom is -0.324 e. The van der Waals surface area contributed by atoms with Crippen LogP contribution < -0.4 is 5.32 Å². The first kappa shape index (κ1) is 33.2. The van der Waals surface area contributed by atoms with Gasteiger partial charge in [0.2, 0.25) is 0 Å². The number of nitrogens with zero attached hydrogens (tertiary/aromatic N) is 4. The molecule has 1 N–H and O–H groups in total. The minimum atomic E-state index is -0.493. The first-order chi connectivity index (χ1) is 27.7. The zero-order valence-electron chi connectivity index (χ0n) is 30.5. The molecule has 0 fully saturated rings. The van der Waals surface area contributed by atoms with Gasteiger partial charge in [0.1, 0.15) is 11.7 Å². The van der Waals surface area contributed by atoms with Crippen molar-refractivity contribution >= 4 is 33.2 Å². The predicted molar refractivity (Wildman–Crippen MR) is 228 cm³/mol. The number of amidine groups is 2. The Morgan fingerprint density at radius 3 is 2.09 bits per heavy atom. The van der Waals surface area contributed by atoms with Crippen molar-refractivity contribution in [3.63, 3.8) is 0 Å². The lowest BCUT2D eigenvalue weighted by molar-refractivity contribution is 0.756. The van der Waals surface area contributed by atoms with Gasteiger partial charge in [0.15, 0.2) is 6.17 Å². The van der Waals surface area contributed by atoms with Crippen molar-refractivity contribution in [2.45, 2.75) is 18.5 Å². The van der Waals surface area contributed by atoms with Crippen molar-refractivity contribution in [3.8, 4) is 33.6 Å². The lowest BCUT2D eigenvalue weighted by Crippen LogP contribution is -2.36. The van der Waals surface area contributed by atoms with Crippen LogP contribution in [0.5, 0.6) is 0 Å². The Morgan fingerprint density at radius 1 is 0.536 bits per heavy atom. The molecule has 1 aliphatic carbocycles. The van der Waals surface area contributed by atoms with Gasteiger partial charge in [-0.25, -0.2) is 9.98 Å². The first-order valence-corrected chi connectivity index (χ1v) is 18.9. The molecular weight excluding hydrogens is 683 g/mol. The lowest BCUT2D eigenvalue weighted by atomic mass is 9.91. The molecule has 2 aliphatic rings. The van der Waals surface area contributed by atoms with E-state index in [0.29, 0.717) is 5.92 Å². The number of pyridine rings is 2. The summed E-state index contributed by atoms with van der Waals surface area (Å²) in [5, 5.41) is 7.86. The molecule has 2 unspecified atom stereocenters. The van der Waals surface area contributed by atoms with Crippen molar-refractivity contribution < 1.29 is 0 Å². The molecule has 264 valence electrons. The maximum atomic E-state index is 5.38. The zero-order chi connectivity index (χ0) is 37.3. The molecule has 56 heavy (non-hydrogen) atoms. The third-order valence-electron chi connectivity index (χ3n) is 10.6. The van der Waals surface area contributed by atoms with Crippen LogP contribution in [0.2, 0.25) is 0 Å². The Hall–Kier alpha value is -7.42. The highest BCUT2D eigenvalue weighted by atomic mass is 15.2. The van der Waals surface area contributed by atoms with Crippen LogP contribution in [-0.2, 0) is 0 Å². The van der Waals surface area contributed by atoms with Gasteiger partial charge >= 0.3 is 0 Å². The Kier molecular flexibility index (Phi) is 8.55. The predicted octanol–water partition coefficient (Wildman–Crippen LogP) is 11.5. The second-order valence-corrected chi connectivity index (χ2v) is 14.1. The lowest BCUT2D eigenvalue weighted by Gasteiger charge is -2.24. The summed E-state index contributed by atoms with van der Waals surface area (Å²) in [6, 6.07) is 57.1. The van der Waals surface area contributed by atoms with Gasteiger partial charge in [-0.05, 0) is 94.0 Å². The van der Waals surface area contributed by atoms with E-state index in [9.17, 15) is 0 Å². The average molecular weight is 718 g/mol. The van der Waals surface area contributed by atoms with E-state index in [1.165, 1.54) is 5.56 Å². The molecule has 0 saturated carbocycles. The number of benzene rings is 5. The molecule has 5 nitrogen and oxygen atoms in total. The average Bonchev–Trinajstić information content (AvgIpc) is 3.29. The highest BCUT2D eigenvalue weighted by molar-refractivity contribution is 6.17. The summed E-state index contributed by atoms with van der Waals surface area (Å²) in [7, 11) is 0. The van der Waals surface area contributed by atoms with Crippen LogP contribution in [-0.4, -0.2) is 21.6 Å². The van der Waals surface area contributed by atoms with Crippen LogP contribution in [0.1, 0.15) is 40.8 Å². The highest BCUT2D eigenvalue weighted by Crippen LogP contribution is 2.35. The summed E-state index contributed by atoms with van der Waals surface area (Å²) in [5.41, 5.74) is 10.0. The van der Waals surface area contributed by atoms with Crippen molar-refractivity contribution in [2.75, 3.05) is 0 Å². The Bertz CT molecular complexity index is 2780. The number of aliphatic imine (C=N–C) groups is 2. The summed E-state index contributed by atoms with van der Waals surface area (Å²) in [5.74, 6) is 1.80. The summed E-state index contributed by atoms with van der Waals surface area (Å²) < 4.78 is 0. The first-order valence-electron chi connectivity index (χ1n) is 18.9. The third-order valence-corrected chi connectivity index (χ3v) is 10.6. The molecule has 8 aromatic rings.